The lowest BCUT2D eigenvalue weighted by Crippen LogP contribution is -2.04. The average Bonchev–Trinajstić information content (AvgIpc) is 2.29. The highest BCUT2D eigenvalue weighted by Crippen LogP contribution is 2.09. The van der Waals surface area contributed by atoms with Gasteiger partial charge in [-0.3, -0.25) is 0 Å². The second-order valence-electron chi connectivity index (χ2n) is 3.24. The maximum Gasteiger partial charge on any atom is 0.129 e. The Bertz CT molecular complexity index is 428. The molecule has 0 aliphatic rings. The summed E-state index contributed by atoms with van der Waals surface area (Å²) in [5, 5.41) is 11.0. The standard InChI is InChI=1S/C11H12N4/c1-9-4-2-6-12-11(9)13-8-10-5-3-7-14-15-10/h2-7H,8H2,1H3,(H,12,13). The second kappa shape index (κ2) is 4.50. The molecule has 2 aromatic rings. The molecule has 1 N–H and O–H groups in total. The maximum absolute atomic E-state index is 4.23. The Labute approximate surface area is 88.4 Å². The summed E-state index contributed by atoms with van der Waals surface area (Å²) in [6.07, 6.45) is 3.43. The Morgan fingerprint density at radius 2 is 2.07 bits per heavy atom. The highest BCUT2D eigenvalue weighted by Gasteiger charge is 1.98. The van der Waals surface area contributed by atoms with E-state index in [1.165, 1.54) is 0 Å². The zero-order chi connectivity index (χ0) is 10.5. The van der Waals surface area contributed by atoms with Gasteiger partial charge in [0.15, 0.2) is 0 Å². The van der Waals surface area contributed by atoms with Crippen molar-refractivity contribution in [3.8, 4) is 0 Å². The molecule has 4 nitrogen and oxygen atoms in total. The summed E-state index contributed by atoms with van der Waals surface area (Å²) < 4.78 is 0. The minimum atomic E-state index is 0.645. The van der Waals surface area contributed by atoms with Crippen molar-refractivity contribution >= 4 is 5.82 Å². The van der Waals surface area contributed by atoms with Gasteiger partial charge in [-0.05, 0) is 30.7 Å². The number of pyridine rings is 1. The molecular weight excluding hydrogens is 188 g/mol. The molecule has 2 heterocycles. The molecule has 0 radical (unpaired) electrons. The Morgan fingerprint density at radius 3 is 2.80 bits per heavy atom. The van der Waals surface area contributed by atoms with Gasteiger partial charge in [-0.2, -0.15) is 10.2 Å². The lowest BCUT2D eigenvalue weighted by Gasteiger charge is -2.06. The normalized spacial score (nSPS) is 9.93. The molecule has 0 fully saturated rings. The number of nitrogens with zero attached hydrogens (tertiary/aromatic N) is 3. The van der Waals surface area contributed by atoms with E-state index >= 15 is 0 Å². The van der Waals surface area contributed by atoms with Gasteiger partial charge < -0.3 is 5.32 Å². The fraction of sp³-hybridized carbons (Fsp3) is 0.182. The number of nitrogens with one attached hydrogen (secondary N) is 1. The fourth-order valence-electron chi connectivity index (χ4n) is 1.27. The molecule has 0 amide bonds. The molecule has 0 saturated heterocycles. The van der Waals surface area contributed by atoms with Gasteiger partial charge in [0.25, 0.3) is 0 Å². The van der Waals surface area contributed by atoms with E-state index in [0.717, 1.165) is 17.1 Å². The van der Waals surface area contributed by atoms with E-state index in [1.807, 2.05) is 31.2 Å². The third kappa shape index (κ3) is 2.49. The quantitative estimate of drug-likeness (QED) is 0.820. The van der Waals surface area contributed by atoms with Crippen LogP contribution < -0.4 is 5.32 Å². The van der Waals surface area contributed by atoms with Crippen LogP contribution in [0.15, 0.2) is 36.7 Å². The maximum atomic E-state index is 4.23. The van der Waals surface area contributed by atoms with Crippen LogP contribution in [0.3, 0.4) is 0 Å². The summed E-state index contributed by atoms with van der Waals surface area (Å²) in [5.41, 5.74) is 2.03. The predicted octanol–water partition coefficient (Wildman–Crippen LogP) is 1.79. The molecule has 15 heavy (non-hydrogen) atoms. The topological polar surface area (TPSA) is 50.7 Å². The smallest absolute Gasteiger partial charge is 0.129 e. The number of rotatable bonds is 3. The molecule has 0 saturated carbocycles. The molecule has 2 rings (SSSR count). The first-order valence-corrected chi connectivity index (χ1v) is 4.78. The van der Waals surface area contributed by atoms with Crippen molar-refractivity contribution in [1.82, 2.24) is 15.2 Å². The van der Waals surface area contributed by atoms with Crippen LogP contribution in [-0.4, -0.2) is 15.2 Å². The van der Waals surface area contributed by atoms with Gasteiger partial charge in [0, 0.05) is 12.4 Å². The van der Waals surface area contributed by atoms with Crippen LogP contribution in [0.25, 0.3) is 0 Å². The predicted molar refractivity (Wildman–Crippen MR) is 58.3 cm³/mol. The summed E-state index contributed by atoms with van der Waals surface area (Å²) >= 11 is 0. The molecule has 2 aromatic heterocycles. The van der Waals surface area contributed by atoms with Crippen molar-refractivity contribution in [3.05, 3.63) is 47.9 Å². The second-order valence-corrected chi connectivity index (χ2v) is 3.24. The van der Waals surface area contributed by atoms with E-state index in [1.54, 1.807) is 12.4 Å². The lowest BCUT2D eigenvalue weighted by atomic mass is 10.3. The van der Waals surface area contributed by atoms with E-state index < -0.39 is 0 Å². The number of aromatic nitrogens is 3. The molecule has 0 aromatic carbocycles. The Morgan fingerprint density at radius 1 is 1.20 bits per heavy atom. The van der Waals surface area contributed by atoms with E-state index in [0.29, 0.717) is 6.54 Å². The van der Waals surface area contributed by atoms with Gasteiger partial charge in [-0.15, -0.1) is 0 Å². The molecule has 0 atom stereocenters. The number of aryl methyl sites for hydroxylation is 1. The van der Waals surface area contributed by atoms with Crippen LogP contribution in [0, 0.1) is 6.92 Å². The van der Waals surface area contributed by atoms with Crippen LogP contribution in [-0.2, 0) is 6.54 Å². The summed E-state index contributed by atoms with van der Waals surface area (Å²) in [6, 6.07) is 7.74. The molecule has 4 heteroatoms. The van der Waals surface area contributed by atoms with Crippen molar-refractivity contribution in [2.75, 3.05) is 5.32 Å². The minimum absolute atomic E-state index is 0.645. The summed E-state index contributed by atoms with van der Waals surface area (Å²) in [7, 11) is 0. The SMILES string of the molecule is Cc1cccnc1NCc1cccnn1. The van der Waals surface area contributed by atoms with Crippen molar-refractivity contribution in [3.63, 3.8) is 0 Å². The van der Waals surface area contributed by atoms with Gasteiger partial charge in [0.05, 0.1) is 12.2 Å². The molecule has 0 aliphatic heterocycles. The number of anilines is 1. The third-order valence-electron chi connectivity index (χ3n) is 2.07. The van der Waals surface area contributed by atoms with Gasteiger partial charge in [0.2, 0.25) is 0 Å². The summed E-state index contributed by atoms with van der Waals surface area (Å²) in [4.78, 5) is 4.23. The van der Waals surface area contributed by atoms with Gasteiger partial charge in [-0.25, -0.2) is 4.98 Å². The van der Waals surface area contributed by atoms with Crippen molar-refractivity contribution in [2.45, 2.75) is 13.5 Å². The van der Waals surface area contributed by atoms with Crippen molar-refractivity contribution in [1.29, 1.82) is 0 Å². The van der Waals surface area contributed by atoms with Gasteiger partial charge in [0.1, 0.15) is 5.82 Å². The van der Waals surface area contributed by atoms with Crippen molar-refractivity contribution in [2.24, 2.45) is 0 Å². The highest BCUT2D eigenvalue weighted by molar-refractivity contribution is 5.42. The van der Waals surface area contributed by atoms with Crippen molar-refractivity contribution < 1.29 is 0 Å². The first-order valence-electron chi connectivity index (χ1n) is 4.78. The number of hydrogen-bond donors (Lipinski definition) is 1. The zero-order valence-corrected chi connectivity index (χ0v) is 8.51. The zero-order valence-electron chi connectivity index (χ0n) is 8.51. The van der Waals surface area contributed by atoms with Crippen LogP contribution in [0.1, 0.15) is 11.3 Å². The average molecular weight is 200 g/mol. The first kappa shape index (κ1) is 9.58. The van der Waals surface area contributed by atoms with Crippen LogP contribution in [0.2, 0.25) is 0 Å². The summed E-state index contributed by atoms with van der Waals surface area (Å²) in [6.45, 7) is 2.66. The molecular formula is C11H12N4. The molecule has 76 valence electrons. The lowest BCUT2D eigenvalue weighted by molar-refractivity contribution is 0.919. The largest absolute Gasteiger partial charge is 0.364 e. The van der Waals surface area contributed by atoms with E-state index in [-0.39, 0.29) is 0 Å². The van der Waals surface area contributed by atoms with E-state index in [4.69, 9.17) is 0 Å². The molecule has 0 unspecified atom stereocenters. The molecule has 0 spiro atoms. The molecule has 0 bridgehead atoms. The fourth-order valence-corrected chi connectivity index (χ4v) is 1.27. The van der Waals surface area contributed by atoms with Crippen LogP contribution in [0.4, 0.5) is 5.82 Å². The van der Waals surface area contributed by atoms with Crippen LogP contribution in [0.5, 0.6) is 0 Å². The Balaban J connectivity index is 2.03. The van der Waals surface area contributed by atoms with E-state index in [2.05, 4.69) is 20.5 Å². The first-order chi connectivity index (χ1) is 7.36. The van der Waals surface area contributed by atoms with Gasteiger partial charge >= 0.3 is 0 Å². The van der Waals surface area contributed by atoms with Gasteiger partial charge in [-0.1, -0.05) is 6.07 Å². The monoisotopic (exact) mass is 200 g/mol. The van der Waals surface area contributed by atoms with E-state index in [9.17, 15) is 0 Å². The number of hydrogen-bond acceptors (Lipinski definition) is 4. The third-order valence-corrected chi connectivity index (χ3v) is 2.07. The molecule has 0 aliphatic carbocycles. The van der Waals surface area contributed by atoms with Crippen LogP contribution >= 0.6 is 0 Å². The minimum Gasteiger partial charge on any atom is -0.364 e. The summed E-state index contributed by atoms with van der Waals surface area (Å²) in [5.74, 6) is 0.892. The Hall–Kier alpha value is -1.97. The highest BCUT2D eigenvalue weighted by atomic mass is 15.1. The Kier molecular flexibility index (Phi) is 2.88.